The van der Waals surface area contributed by atoms with E-state index in [9.17, 15) is 4.79 Å². The monoisotopic (exact) mass is 450 g/mol. The van der Waals surface area contributed by atoms with Gasteiger partial charge in [0.2, 0.25) is 0 Å². The van der Waals surface area contributed by atoms with E-state index < -0.39 is 0 Å². The van der Waals surface area contributed by atoms with Crippen LogP contribution in [0.4, 0.5) is 0 Å². The number of hydrogen-bond donors (Lipinski definition) is 0. The Morgan fingerprint density at radius 1 is 0.971 bits per heavy atom. The van der Waals surface area contributed by atoms with Crippen molar-refractivity contribution in [3.63, 3.8) is 0 Å². The molecule has 172 valence electrons. The van der Waals surface area contributed by atoms with Gasteiger partial charge in [-0.15, -0.1) is 0 Å². The number of rotatable bonds is 7. The van der Waals surface area contributed by atoms with Crippen LogP contribution in [0.15, 0.2) is 91.3 Å². The van der Waals surface area contributed by atoms with E-state index in [1.54, 1.807) is 0 Å². The summed E-state index contributed by atoms with van der Waals surface area (Å²) in [7, 11) is 0. The van der Waals surface area contributed by atoms with Crippen molar-refractivity contribution < 1.29 is 9.53 Å². The minimum Gasteiger partial charge on any atom is -0.426 e. The van der Waals surface area contributed by atoms with Gasteiger partial charge in [0.25, 0.3) is 0 Å². The predicted molar refractivity (Wildman–Crippen MR) is 134 cm³/mol. The molecule has 1 heterocycles. The maximum absolute atomic E-state index is 11.4. The zero-order valence-corrected chi connectivity index (χ0v) is 19.6. The summed E-state index contributed by atoms with van der Waals surface area (Å²) in [5, 5.41) is 4.72. The van der Waals surface area contributed by atoms with E-state index in [1.165, 1.54) is 34.7 Å². The molecule has 1 aliphatic carbocycles. The number of carbonyl (C=O) groups is 1. The number of benzene rings is 3. The lowest BCUT2D eigenvalue weighted by atomic mass is 9.82. The Labute approximate surface area is 201 Å². The molecule has 0 saturated heterocycles. The zero-order chi connectivity index (χ0) is 23.3. The first-order valence-electron chi connectivity index (χ1n) is 12.1. The van der Waals surface area contributed by atoms with E-state index in [4.69, 9.17) is 9.84 Å². The van der Waals surface area contributed by atoms with Crippen LogP contribution >= 0.6 is 0 Å². The third-order valence-corrected chi connectivity index (χ3v) is 6.81. The summed E-state index contributed by atoms with van der Waals surface area (Å²) in [4.78, 5) is 11.4. The average molecular weight is 451 g/mol. The second-order valence-corrected chi connectivity index (χ2v) is 9.18. The first-order chi connectivity index (χ1) is 16.7. The summed E-state index contributed by atoms with van der Waals surface area (Å²) in [5.74, 6) is 1.26. The van der Waals surface area contributed by atoms with E-state index in [0.29, 0.717) is 5.92 Å². The van der Waals surface area contributed by atoms with E-state index in [2.05, 4.69) is 77.6 Å². The molecule has 3 aromatic carbocycles. The van der Waals surface area contributed by atoms with Gasteiger partial charge in [-0.1, -0.05) is 72.8 Å². The number of hydrogen-bond acceptors (Lipinski definition) is 3. The molecule has 34 heavy (non-hydrogen) atoms. The van der Waals surface area contributed by atoms with E-state index in [-0.39, 0.29) is 11.9 Å². The van der Waals surface area contributed by atoms with Crippen LogP contribution in [0.25, 0.3) is 0 Å². The highest BCUT2D eigenvalue weighted by molar-refractivity contribution is 5.70. The van der Waals surface area contributed by atoms with Gasteiger partial charge in [-0.05, 0) is 59.9 Å². The van der Waals surface area contributed by atoms with Gasteiger partial charge in [-0.2, -0.15) is 5.10 Å². The summed E-state index contributed by atoms with van der Waals surface area (Å²) in [6, 6.07) is 27.4. The standard InChI is InChI=1S/C30H30N2O2/c1-22(33)34-29-14-8-13-26-19-23(15-16-28(26)29)17-18-32-21-27(20-31-32)30(24-9-4-2-5-10-24)25-11-6-3-7-12-25/h2-14,20-21,23,30H,15-19H2,1H3. The fraction of sp³-hybridized carbons (Fsp3) is 0.267. The summed E-state index contributed by atoms with van der Waals surface area (Å²) in [5.41, 5.74) is 6.28. The first kappa shape index (κ1) is 22.1. The predicted octanol–water partition coefficient (Wildman–Crippen LogP) is 6.18. The molecule has 0 bridgehead atoms. The van der Waals surface area contributed by atoms with Gasteiger partial charge in [0, 0.05) is 31.1 Å². The zero-order valence-electron chi connectivity index (χ0n) is 19.6. The quantitative estimate of drug-likeness (QED) is 0.249. The van der Waals surface area contributed by atoms with Crippen molar-refractivity contribution in [3.05, 3.63) is 119 Å². The van der Waals surface area contributed by atoms with Crippen molar-refractivity contribution in [1.29, 1.82) is 0 Å². The summed E-state index contributed by atoms with van der Waals surface area (Å²) < 4.78 is 7.52. The Morgan fingerprint density at radius 3 is 2.35 bits per heavy atom. The van der Waals surface area contributed by atoms with Crippen LogP contribution in [-0.2, 0) is 24.2 Å². The largest absolute Gasteiger partial charge is 0.426 e. The van der Waals surface area contributed by atoms with Crippen molar-refractivity contribution in [3.8, 4) is 5.75 Å². The summed E-state index contributed by atoms with van der Waals surface area (Å²) in [6.07, 6.45) is 8.40. The number of ether oxygens (including phenoxy) is 1. The van der Waals surface area contributed by atoms with Gasteiger partial charge in [0.1, 0.15) is 5.75 Å². The summed E-state index contributed by atoms with van der Waals surface area (Å²) in [6.45, 7) is 2.36. The maximum atomic E-state index is 11.4. The van der Waals surface area contributed by atoms with E-state index in [1.807, 2.05) is 18.3 Å². The number of nitrogens with zero attached hydrogens (tertiary/aromatic N) is 2. The molecule has 1 atom stereocenters. The van der Waals surface area contributed by atoms with Crippen LogP contribution in [0, 0.1) is 5.92 Å². The van der Waals surface area contributed by atoms with E-state index >= 15 is 0 Å². The Balaban J connectivity index is 1.28. The molecule has 1 unspecified atom stereocenters. The van der Waals surface area contributed by atoms with Gasteiger partial charge in [0.15, 0.2) is 0 Å². The SMILES string of the molecule is CC(=O)Oc1cccc2c1CCC(CCn1cc(C(c3ccccc3)c3ccccc3)cn1)C2. The highest BCUT2D eigenvalue weighted by Crippen LogP contribution is 2.34. The van der Waals surface area contributed by atoms with Gasteiger partial charge in [-0.3, -0.25) is 9.48 Å². The molecule has 0 spiro atoms. The molecule has 0 fully saturated rings. The smallest absolute Gasteiger partial charge is 0.308 e. The van der Waals surface area contributed by atoms with E-state index in [0.717, 1.165) is 38.0 Å². The fourth-order valence-corrected chi connectivity index (χ4v) is 5.18. The molecule has 1 aliphatic rings. The van der Waals surface area contributed by atoms with Crippen LogP contribution in [0.5, 0.6) is 5.75 Å². The number of aromatic nitrogens is 2. The van der Waals surface area contributed by atoms with Gasteiger partial charge < -0.3 is 4.74 Å². The molecule has 0 amide bonds. The number of carbonyl (C=O) groups excluding carboxylic acids is 1. The van der Waals surface area contributed by atoms with Gasteiger partial charge >= 0.3 is 5.97 Å². The third-order valence-electron chi connectivity index (χ3n) is 6.81. The molecule has 0 aliphatic heterocycles. The Hall–Kier alpha value is -3.66. The minimum atomic E-state index is -0.255. The highest BCUT2D eigenvalue weighted by Gasteiger charge is 2.23. The number of fused-ring (bicyclic) bond motifs is 1. The Kier molecular flexibility index (Phi) is 6.57. The third kappa shape index (κ3) is 4.96. The fourth-order valence-electron chi connectivity index (χ4n) is 5.18. The molecule has 0 radical (unpaired) electrons. The van der Waals surface area contributed by atoms with Crippen molar-refractivity contribution in [2.75, 3.05) is 0 Å². The number of aryl methyl sites for hydroxylation is 1. The lowest BCUT2D eigenvalue weighted by Crippen LogP contribution is -2.18. The normalized spacial score (nSPS) is 15.2. The highest BCUT2D eigenvalue weighted by atomic mass is 16.5. The molecule has 4 heteroatoms. The Bertz CT molecular complexity index is 1210. The van der Waals surface area contributed by atoms with Crippen LogP contribution in [-0.4, -0.2) is 15.7 Å². The molecule has 0 N–H and O–H groups in total. The van der Waals surface area contributed by atoms with Crippen LogP contribution in [0.2, 0.25) is 0 Å². The van der Waals surface area contributed by atoms with Crippen LogP contribution < -0.4 is 4.74 Å². The van der Waals surface area contributed by atoms with Crippen molar-refractivity contribution in [2.45, 2.75) is 45.1 Å². The average Bonchev–Trinajstić information content (AvgIpc) is 3.32. The molecule has 4 nitrogen and oxygen atoms in total. The second-order valence-electron chi connectivity index (χ2n) is 9.18. The van der Waals surface area contributed by atoms with Gasteiger partial charge in [-0.25, -0.2) is 0 Å². The lowest BCUT2D eigenvalue weighted by Gasteiger charge is -2.26. The second kappa shape index (κ2) is 10.1. The first-order valence-corrected chi connectivity index (χ1v) is 12.1. The van der Waals surface area contributed by atoms with Crippen molar-refractivity contribution in [2.24, 2.45) is 5.92 Å². The molecule has 0 saturated carbocycles. The molecule has 4 aromatic rings. The summed E-state index contributed by atoms with van der Waals surface area (Å²) >= 11 is 0. The van der Waals surface area contributed by atoms with Gasteiger partial charge in [0.05, 0.1) is 6.20 Å². The maximum Gasteiger partial charge on any atom is 0.308 e. The topological polar surface area (TPSA) is 44.1 Å². The molecule has 5 rings (SSSR count). The van der Waals surface area contributed by atoms with Crippen LogP contribution in [0.3, 0.4) is 0 Å². The Morgan fingerprint density at radius 2 is 1.68 bits per heavy atom. The minimum absolute atomic E-state index is 0.178. The van der Waals surface area contributed by atoms with Crippen molar-refractivity contribution >= 4 is 5.97 Å². The lowest BCUT2D eigenvalue weighted by molar-refractivity contribution is -0.131. The molecular weight excluding hydrogens is 420 g/mol. The van der Waals surface area contributed by atoms with Crippen LogP contribution in [0.1, 0.15) is 53.5 Å². The molecular formula is C30H30N2O2. The number of esters is 1. The molecule has 1 aromatic heterocycles. The van der Waals surface area contributed by atoms with Crippen molar-refractivity contribution in [1.82, 2.24) is 9.78 Å².